The number of hydrogen-bond donors (Lipinski definition) is 4. The summed E-state index contributed by atoms with van der Waals surface area (Å²) in [4.78, 5) is 47.0. The molecule has 0 aliphatic carbocycles. The minimum absolute atomic E-state index is 0.0532. The van der Waals surface area contributed by atoms with Crippen molar-refractivity contribution in [2.24, 2.45) is 0 Å². The number of anilines is 2. The molecular weight excluding hydrogens is 572 g/mol. The monoisotopic (exact) mass is 608 g/mol. The third-order valence-corrected chi connectivity index (χ3v) is 8.38. The summed E-state index contributed by atoms with van der Waals surface area (Å²) in [5.74, 6) is 0.371. The second-order valence-electron chi connectivity index (χ2n) is 11.1. The number of nitrogens with zero attached hydrogens (tertiary/aromatic N) is 5. The van der Waals surface area contributed by atoms with Gasteiger partial charge in [0.05, 0.1) is 42.2 Å². The number of nitrogen functional groups attached to an aromatic ring is 1. The van der Waals surface area contributed by atoms with Gasteiger partial charge in [-0.2, -0.15) is 4.98 Å². The minimum Gasteiger partial charge on any atom is -0.496 e. The van der Waals surface area contributed by atoms with E-state index in [2.05, 4.69) is 30.2 Å². The highest BCUT2D eigenvalue weighted by Gasteiger charge is 2.38. The molecule has 3 aromatic heterocycles. The van der Waals surface area contributed by atoms with Crippen LogP contribution in [-0.4, -0.2) is 81.1 Å². The van der Waals surface area contributed by atoms with Crippen LogP contribution in [0.5, 0.6) is 5.75 Å². The van der Waals surface area contributed by atoms with Gasteiger partial charge in [-0.25, -0.2) is 4.98 Å². The second kappa shape index (κ2) is 12.3. The van der Waals surface area contributed by atoms with Crippen molar-refractivity contribution in [1.29, 1.82) is 0 Å². The first-order chi connectivity index (χ1) is 20.5. The van der Waals surface area contributed by atoms with Crippen LogP contribution in [0, 0.1) is 27.7 Å². The Morgan fingerprint density at radius 1 is 1.28 bits per heavy atom. The molecule has 13 heteroatoms. The third kappa shape index (κ3) is 5.95. The molecule has 1 unspecified atom stereocenters. The summed E-state index contributed by atoms with van der Waals surface area (Å²) in [6.07, 6.45) is 4.82. The highest BCUT2D eigenvalue weighted by molar-refractivity contribution is 6.41. The van der Waals surface area contributed by atoms with Gasteiger partial charge in [-0.05, 0) is 58.7 Å². The van der Waals surface area contributed by atoms with E-state index in [1.165, 1.54) is 4.90 Å². The summed E-state index contributed by atoms with van der Waals surface area (Å²) in [6.45, 7) is 10.2. The summed E-state index contributed by atoms with van der Waals surface area (Å²) < 4.78 is 5.55. The standard InChI is InChI=1S/C30H37ClN8O4/c1-15-12-34-22(17(3)25(15)43-5)14-39-27-24(26(31)36-30(32)37-27)20(29(39)42)11-21-16(2)23(18(4)35-21)28(41)33-8-10-38-9-6-7-19(40)13-38/h11-12,19,35,40H,6-10,13-14H2,1-5H3,(H,33,41)(H2,32,36,37)/b20-11-. The van der Waals surface area contributed by atoms with Gasteiger partial charge in [0.25, 0.3) is 11.8 Å². The number of aliphatic hydroxyl groups is 1. The summed E-state index contributed by atoms with van der Waals surface area (Å²) in [7, 11) is 1.60. The molecule has 0 spiro atoms. The lowest BCUT2D eigenvalue weighted by atomic mass is 10.1. The maximum atomic E-state index is 13.9. The van der Waals surface area contributed by atoms with Crippen LogP contribution in [0.15, 0.2) is 6.20 Å². The van der Waals surface area contributed by atoms with Crippen molar-refractivity contribution in [1.82, 2.24) is 30.2 Å². The summed E-state index contributed by atoms with van der Waals surface area (Å²) in [5.41, 5.74) is 11.4. The Bertz CT molecular complexity index is 1620. The van der Waals surface area contributed by atoms with Crippen LogP contribution >= 0.6 is 11.6 Å². The Morgan fingerprint density at radius 3 is 2.77 bits per heavy atom. The lowest BCUT2D eigenvalue weighted by Crippen LogP contribution is -2.42. The van der Waals surface area contributed by atoms with Crippen LogP contribution in [0.4, 0.5) is 11.8 Å². The molecule has 0 saturated carbocycles. The van der Waals surface area contributed by atoms with Crippen molar-refractivity contribution >= 4 is 46.8 Å². The van der Waals surface area contributed by atoms with E-state index < -0.39 is 0 Å². The highest BCUT2D eigenvalue weighted by Crippen LogP contribution is 2.42. The fraction of sp³-hybridized carbons (Fsp3) is 0.433. The number of halogens is 1. The molecule has 0 bridgehead atoms. The molecule has 2 amide bonds. The maximum Gasteiger partial charge on any atom is 0.260 e. The number of aromatic nitrogens is 4. The van der Waals surface area contributed by atoms with E-state index >= 15 is 0 Å². The number of pyridine rings is 1. The first-order valence-corrected chi connectivity index (χ1v) is 14.6. The zero-order chi connectivity index (χ0) is 31.0. The maximum absolute atomic E-state index is 13.9. The number of aromatic amines is 1. The minimum atomic E-state index is -0.348. The fourth-order valence-electron chi connectivity index (χ4n) is 5.93. The van der Waals surface area contributed by atoms with Gasteiger partial charge in [-0.1, -0.05) is 11.6 Å². The Hall–Kier alpha value is -4.00. The second-order valence-corrected chi connectivity index (χ2v) is 11.4. The van der Waals surface area contributed by atoms with E-state index in [1.54, 1.807) is 19.4 Å². The Kier molecular flexibility index (Phi) is 8.72. The number of carbonyl (C=O) groups is 2. The summed E-state index contributed by atoms with van der Waals surface area (Å²) in [5, 5.41) is 13.0. The SMILES string of the molecule is COc1c(C)cnc(CN2C(=O)/C(=C\c3[nH]c(C)c(C(=O)NCCN4CCCC(O)C4)c3C)c3c(Cl)nc(N)nc32)c1C. The number of rotatable bonds is 8. The number of likely N-dealkylation sites (tertiary alicyclic amines) is 1. The molecule has 12 nitrogen and oxygen atoms in total. The van der Waals surface area contributed by atoms with Gasteiger partial charge in [-0.15, -0.1) is 0 Å². The molecule has 5 rings (SSSR count). The van der Waals surface area contributed by atoms with Gasteiger partial charge in [0.2, 0.25) is 5.95 Å². The van der Waals surface area contributed by atoms with Gasteiger partial charge in [0, 0.05) is 48.3 Å². The van der Waals surface area contributed by atoms with Gasteiger partial charge < -0.3 is 25.9 Å². The van der Waals surface area contributed by atoms with Crippen LogP contribution in [0.25, 0.3) is 11.6 Å². The van der Waals surface area contributed by atoms with E-state index in [-0.39, 0.29) is 47.0 Å². The van der Waals surface area contributed by atoms with Crippen molar-refractivity contribution in [2.75, 3.05) is 43.9 Å². The molecule has 5 heterocycles. The van der Waals surface area contributed by atoms with Crippen molar-refractivity contribution in [3.63, 3.8) is 0 Å². The number of methoxy groups -OCH3 is 1. The number of carbonyl (C=O) groups excluding carboxylic acids is 2. The van der Waals surface area contributed by atoms with Crippen molar-refractivity contribution in [3.05, 3.63) is 56.2 Å². The number of fused-ring (bicyclic) bond motifs is 1. The third-order valence-electron chi connectivity index (χ3n) is 8.11. The largest absolute Gasteiger partial charge is 0.496 e. The number of β-amino-alcohol motifs (C(OH)–C–C–N with tert-alkyl or cyclic N) is 1. The van der Waals surface area contributed by atoms with E-state index in [4.69, 9.17) is 22.1 Å². The number of aryl methyl sites for hydroxylation is 2. The van der Waals surface area contributed by atoms with Gasteiger partial charge in [0.15, 0.2) is 5.82 Å². The quantitative estimate of drug-likeness (QED) is 0.222. The number of hydrogen-bond acceptors (Lipinski definition) is 9. The summed E-state index contributed by atoms with van der Waals surface area (Å²) in [6, 6.07) is 0. The van der Waals surface area contributed by atoms with E-state index in [0.717, 1.165) is 30.5 Å². The first kappa shape index (κ1) is 30.5. The number of ether oxygens (including phenoxy) is 1. The van der Waals surface area contributed by atoms with Crippen molar-refractivity contribution < 1.29 is 19.4 Å². The van der Waals surface area contributed by atoms with Crippen LogP contribution in [0.3, 0.4) is 0 Å². The molecule has 0 aromatic carbocycles. The first-order valence-electron chi connectivity index (χ1n) is 14.2. The highest BCUT2D eigenvalue weighted by atomic mass is 35.5. The van der Waals surface area contributed by atoms with Gasteiger partial charge >= 0.3 is 0 Å². The van der Waals surface area contributed by atoms with Crippen molar-refractivity contribution in [3.8, 4) is 5.75 Å². The Balaban J connectivity index is 1.43. The lowest BCUT2D eigenvalue weighted by molar-refractivity contribution is -0.113. The molecule has 228 valence electrons. The lowest BCUT2D eigenvalue weighted by Gasteiger charge is -2.29. The molecule has 1 saturated heterocycles. The number of piperidine rings is 1. The van der Waals surface area contributed by atoms with Crippen LogP contribution in [-0.2, 0) is 11.3 Å². The molecule has 1 atom stereocenters. The average Bonchev–Trinajstić information content (AvgIpc) is 3.37. The zero-order valence-electron chi connectivity index (χ0n) is 25.0. The van der Waals surface area contributed by atoms with Crippen LogP contribution in [0.2, 0.25) is 5.15 Å². The molecule has 2 aliphatic heterocycles. The smallest absolute Gasteiger partial charge is 0.260 e. The topological polar surface area (TPSA) is 163 Å². The number of nitrogens with one attached hydrogen (secondary N) is 2. The number of nitrogens with two attached hydrogens (primary N) is 1. The molecule has 1 fully saturated rings. The van der Waals surface area contributed by atoms with Gasteiger partial charge in [-0.3, -0.25) is 24.4 Å². The number of aliphatic hydroxyl groups excluding tert-OH is 1. The summed E-state index contributed by atoms with van der Waals surface area (Å²) >= 11 is 6.55. The average molecular weight is 609 g/mol. The van der Waals surface area contributed by atoms with Crippen molar-refractivity contribution in [2.45, 2.75) is 53.2 Å². The van der Waals surface area contributed by atoms with Gasteiger partial charge in [0.1, 0.15) is 10.9 Å². The fourth-order valence-corrected chi connectivity index (χ4v) is 6.20. The molecule has 43 heavy (non-hydrogen) atoms. The van der Waals surface area contributed by atoms with E-state index in [0.29, 0.717) is 59.2 Å². The normalized spacial score (nSPS) is 17.9. The Morgan fingerprint density at radius 2 is 2.05 bits per heavy atom. The zero-order valence-corrected chi connectivity index (χ0v) is 25.8. The molecule has 5 N–H and O–H groups in total. The molecule has 0 radical (unpaired) electrons. The molecule has 3 aromatic rings. The molecular formula is C30H37ClN8O4. The van der Waals surface area contributed by atoms with Crippen LogP contribution < -0.4 is 20.7 Å². The van der Waals surface area contributed by atoms with E-state index in [9.17, 15) is 14.7 Å². The predicted molar refractivity (Wildman–Crippen MR) is 165 cm³/mol. The number of amides is 2. The van der Waals surface area contributed by atoms with Crippen LogP contribution in [0.1, 0.15) is 62.5 Å². The Labute approximate surface area is 255 Å². The number of H-pyrrole nitrogens is 1. The van der Waals surface area contributed by atoms with E-state index in [1.807, 2.05) is 27.7 Å². The molecule has 2 aliphatic rings. The predicted octanol–water partition coefficient (Wildman–Crippen LogP) is 2.95.